The summed E-state index contributed by atoms with van der Waals surface area (Å²) in [5, 5.41) is 0. The second kappa shape index (κ2) is 7.26. The Morgan fingerprint density at radius 3 is 2.59 bits per heavy atom. The van der Waals surface area contributed by atoms with Gasteiger partial charge < -0.3 is 10.5 Å². The van der Waals surface area contributed by atoms with E-state index in [0.29, 0.717) is 19.6 Å². The Morgan fingerprint density at radius 1 is 1.24 bits per heavy atom. The lowest BCUT2D eigenvalue weighted by Crippen LogP contribution is -2.31. The van der Waals surface area contributed by atoms with Gasteiger partial charge in [0.05, 0.1) is 12.4 Å². The summed E-state index contributed by atoms with van der Waals surface area (Å²) in [7, 11) is -3.21. The standard InChI is InChI=1S/C11H18N2O3S/c12-7-10-17(14,15)13-8-4-9-16-11-5-2-1-3-6-11/h1-3,5-6,13H,4,7-10,12H2. The molecule has 1 aromatic rings. The summed E-state index contributed by atoms with van der Waals surface area (Å²) in [4.78, 5) is 0. The zero-order valence-electron chi connectivity index (χ0n) is 9.63. The zero-order chi connectivity index (χ0) is 12.6. The number of nitrogens with one attached hydrogen (secondary N) is 1. The van der Waals surface area contributed by atoms with Gasteiger partial charge in [-0.05, 0) is 18.6 Å². The monoisotopic (exact) mass is 258 g/mol. The van der Waals surface area contributed by atoms with Crippen LogP contribution in [0, 0.1) is 0 Å². The first-order chi connectivity index (χ1) is 8.14. The highest BCUT2D eigenvalue weighted by molar-refractivity contribution is 7.89. The van der Waals surface area contributed by atoms with Crippen LogP contribution in [0.2, 0.25) is 0 Å². The first-order valence-corrected chi connectivity index (χ1v) is 7.14. The lowest BCUT2D eigenvalue weighted by Gasteiger charge is -2.07. The van der Waals surface area contributed by atoms with Gasteiger partial charge in [-0.1, -0.05) is 18.2 Å². The van der Waals surface area contributed by atoms with Crippen molar-refractivity contribution in [2.45, 2.75) is 6.42 Å². The highest BCUT2D eigenvalue weighted by atomic mass is 32.2. The molecule has 1 rings (SSSR count). The molecule has 17 heavy (non-hydrogen) atoms. The third-order valence-corrected chi connectivity index (χ3v) is 3.46. The molecular formula is C11H18N2O3S. The SMILES string of the molecule is NCCS(=O)(=O)NCCCOc1ccccc1. The molecule has 1 aromatic carbocycles. The molecule has 0 heterocycles. The molecule has 0 amide bonds. The van der Waals surface area contributed by atoms with E-state index in [1.807, 2.05) is 30.3 Å². The average Bonchev–Trinajstić information content (AvgIpc) is 2.30. The maximum atomic E-state index is 11.2. The maximum Gasteiger partial charge on any atom is 0.212 e. The van der Waals surface area contributed by atoms with Gasteiger partial charge in [0.25, 0.3) is 0 Å². The van der Waals surface area contributed by atoms with Crippen LogP contribution in [0.5, 0.6) is 5.75 Å². The summed E-state index contributed by atoms with van der Waals surface area (Å²) in [5.41, 5.74) is 5.18. The topological polar surface area (TPSA) is 81.4 Å². The summed E-state index contributed by atoms with van der Waals surface area (Å²) < 4.78 is 30.3. The molecule has 0 aliphatic heterocycles. The van der Waals surface area contributed by atoms with Crippen molar-refractivity contribution >= 4 is 10.0 Å². The first kappa shape index (κ1) is 14.0. The van der Waals surface area contributed by atoms with E-state index in [9.17, 15) is 8.42 Å². The summed E-state index contributed by atoms with van der Waals surface area (Å²) in [6.45, 7) is 0.986. The van der Waals surface area contributed by atoms with Gasteiger partial charge in [-0.15, -0.1) is 0 Å². The predicted molar refractivity (Wildman–Crippen MR) is 67.4 cm³/mol. The Hall–Kier alpha value is -1.11. The number of ether oxygens (including phenoxy) is 1. The Balaban J connectivity index is 2.13. The van der Waals surface area contributed by atoms with Crippen LogP contribution in [0.15, 0.2) is 30.3 Å². The summed E-state index contributed by atoms with van der Waals surface area (Å²) in [6, 6.07) is 9.41. The van der Waals surface area contributed by atoms with E-state index in [2.05, 4.69) is 4.72 Å². The van der Waals surface area contributed by atoms with Crippen molar-refractivity contribution in [3.8, 4) is 5.75 Å². The predicted octanol–water partition coefficient (Wildman–Crippen LogP) is 0.334. The van der Waals surface area contributed by atoms with Crippen LogP contribution >= 0.6 is 0 Å². The molecule has 0 aliphatic rings. The molecule has 6 heteroatoms. The molecule has 0 saturated heterocycles. The molecule has 0 bridgehead atoms. The van der Waals surface area contributed by atoms with Crippen LogP contribution in [0.1, 0.15) is 6.42 Å². The van der Waals surface area contributed by atoms with Gasteiger partial charge in [0.2, 0.25) is 10.0 Å². The third kappa shape index (κ3) is 6.25. The Bertz CT molecular complexity index is 406. The van der Waals surface area contributed by atoms with E-state index >= 15 is 0 Å². The molecule has 0 fully saturated rings. The third-order valence-electron chi connectivity index (χ3n) is 2.04. The van der Waals surface area contributed by atoms with Crippen molar-refractivity contribution in [3.05, 3.63) is 30.3 Å². The lowest BCUT2D eigenvalue weighted by molar-refractivity contribution is 0.311. The molecule has 0 aromatic heterocycles. The Labute approximate surface area is 102 Å². The summed E-state index contributed by atoms with van der Waals surface area (Å²) in [5.74, 6) is 0.754. The first-order valence-electron chi connectivity index (χ1n) is 5.49. The fourth-order valence-corrected chi connectivity index (χ4v) is 2.14. The van der Waals surface area contributed by atoms with Gasteiger partial charge in [-0.25, -0.2) is 13.1 Å². The normalized spacial score (nSPS) is 11.4. The number of hydrogen-bond donors (Lipinski definition) is 2. The van der Waals surface area contributed by atoms with Crippen LogP contribution < -0.4 is 15.2 Å². The maximum absolute atomic E-state index is 11.2. The molecule has 0 saturated carbocycles. The number of hydrogen-bond acceptors (Lipinski definition) is 4. The minimum absolute atomic E-state index is 0.0352. The van der Waals surface area contributed by atoms with E-state index < -0.39 is 10.0 Å². The van der Waals surface area contributed by atoms with Crippen molar-refractivity contribution in [1.29, 1.82) is 0 Å². The van der Waals surface area contributed by atoms with Crippen molar-refractivity contribution in [2.75, 3.05) is 25.4 Å². The van der Waals surface area contributed by atoms with E-state index in [0.717, 1.165) is 5.75 Å². The molecule has 0 aliphatic carbocycles. The molecule has 0 spiro atoms. The highest BCUT2D eigenvalue weighted by Crippen LogP contribution is 2.07. The average molecular weight is 258 g/mol. The van der Waals surface area contributed by atoms with Crippen molar-refractivity contribution in [3.63, 3.8) is 0 Å². The summed E-state index contributed by atoms with van der Waals surface area (Å²) >= 11 is 0. The van der Waals surface area contributed by atoms with Gasteiger partial charge in [0.15, 0.2) is 0 Å². The second-order valence-corrected chi connectivity index (χ2v) is 5.44. The van der Waals surface area contributed by atoms with Crippen LogP contribution in [0.4, 0.5) is 0 Å². The van der Waals surface area contributed by atoms with Gasteiger partial charge in [-0.3, -0.25) is 0 Å². The lowest BCUT2D eigenvalue weighted by atomic mass is 10.3. The van der Waals surface area contributed by atoms with Crippen LogP contribution in [-0.2, 0) is 10.0 Å². The van der Waals surface area contributed by atoms with Gasteiger partial charge in [-0.2, -0.15) is 0 Å². The highest BCUT2D eigenvalue weighted by Gasteiger charge is 2.06. The number of para-hydroxylation sites is 1. The van der Waals surface area contributed by atoms with Crippen molar-refractivity contribution in [1.82, 2.24) is 4.72 Å². The number of nitrogens with two attached hydrogens (primary N) is 1. The van der Waals surface area contributed by atoms with E-state index in [-0.39, 0.29) is 12.3 Å². The Morgan fingerprint density at radius 2 is 1.94 bits per heavy atom. The van der Waals surface area contributed by atoms with Crippen LogP contribution in [0.3, 0.4) is 0 Å². The second-order valence-electron chi connectivity index (χ2n) is 3.52. The molecule has 0 atom stereocenters. The molecule has 96 valence electrons. The zero-order valence-corrected chi connectivity index (χ0v) is 10.4. The van der Waals surface area contributed by atoms with E-state index in [1.165, 1.54) is 0 Å². The molecule has 0 radical (unpaired) electrons. The quantitative estimate of drug-likeness (QED) is 0.659. The summed E-state index contributed by atoms with van der Waals surface area (Å²) in [6.07, 6.45) is 0.624. The Kier molecular flexibility index (Phi) is 5.96. The molecular weight excluding hydrogens is 240 g/mol. The smallest absolute Gasteiger partial charge is 0.212 e. The number of sulfonamides is 1. The van der Waals surface area contributed by atoms with Gasteiger partial charge in [0.1, 0.15) is 5.75 Å². The fourth-order valence-electron chi connectivity index (χ4n) is 1.23. The molecule has 3 N–H and O–H groups in total. The van der Waals surface area contributed by atoms with Crippen LogP contribution in [0.25, 0.3) is 0 Å². The van der Waals surface area contributed by atoms with Gasteiger partial charge in [0, 0.05) is 13.1 Å². The number of rotatable bonds is 8. The molecule has 5 nitrogen and oxygen atoms in total. The van der Waals surface area contributed by atoms with E-state index in [4.69, 9.17) is 10.5 Å². The number of benzene rings is 1. The fraction of sp³-hybridized carbons (Fsp3) is 0.455. The molecule has 0 unspecified atom stereocenters. The van der Waals surface area contributed by atoms with Crippen molar-refractivity contribution < 1.29 is 13.2 Å². The largest absolute Gasteiger partial charge is 0.494 e. The van der Waals surface area contributed by atoms with Gasteiger partial charge >= 0.3 is 0 Å². The minimum Gasteiger partial charge on any atom is -0.494 e. The van der Waals surface area contributed by atoms with E-state index in [1.54, 1.807) is 0 Å². The van der Waals surface area contributed by atoms with Crippen LogP contribution in [-0.4, -0.2) is 33.9 Å². The van der Waals surface area contributed by atoms with Crippen molar-refractivity contribution in [2.24, 2.45) is 5.73 Å². The minimum atomic E-state index is -3.21.